The summed E-state index contributed by atoms with van der Waals surface area (Å²) >= 11 is 0. The van der Waals surface area contributed by atoms with Crippen molar-refractivity contribution < 1.29 is 19.0 Å². The second kappa shape index (κ2) is 8.91. The largest absolute Gasteiger partial charge is 0.493 e. The number of hydrogen-bond acceptors (Lipinski definition) is 4. The lowest BCUT2D eigenvalue weighted by atomic mass is 9.97. The van der Waals surface area contributed by atoms with Crippen LogP contribution in [0.2, 0.25) is 0 Å². The third-order valence-corrected chi connectivity index (χ3v) is 5.26. The summed E-state index contributed by atoms with van der Waals surface area (Å²) < 4.78 is 19.7. The summed E-state index contributed by atoms with van der Waals surface area (Å²) in [4.78, 5) is 17.3. The van der Waals surface area contributed by atoms with Gasteiger partial charge < -0.3 is 14.7 Å². The quantitative estimate of drug-likeness (QED) is 0.736. The lowest BCUT2D eigenvalue weighted by Gasteiger charge is -2.34. The summed E-state index contributed by atoms with van der Waals surface area (Å²) in [5, 5.41) is 9.10. The summed E-state index contributed by atoms with van der Waals surface area (Å²) in [6.07, 6.45) is 3.63. The monoisotopic (exact) mass is 400 g/mol. The van der Waals surface area contributed by atoms with E-state index in [-0.39, 0.29) is 5.69 Å². The highest BCUT2D eigenvalue weighted by Crippen LogP contribution is 2.25. The molecular weight excluding hydrogens is 371 g/mol. The Morgan fingerprint density at radius 3 is 2.45 bits per heavy atom. The SMILES string of the molecule is Cc1cc(-c2ccc(OCC3CCN(CC(C)(C)F)CC3)cc2)cnc1C(=O)O. The molecule has 29 heavy (non-hydrogen) atoms. The zero-order valence-corrected chi connectivity index (χ0v) is 17.3. The number of aromatic carboxylic acids is 1. The smallest absolute Gasteiger partial charge is 0.354 e. The number of halogens is 1. The van der Waals surface area contributed by atoms with Gasteiger partial charge in [0.2, 0.25) is 0 Å². The topological polar surface area (TPSA) is 62.7 Å². The second-order valence-corrected chi connectivity index (χ2v) is 8.47. The maximum atomic E-state index is 13.8. The standard InChI is InChI=1S/C23H29FN2O3/c1-16-12-19(13-25-21(16)22(27)28)18-4-6-20(7-5-18)29-14-17-8-10-26(11-9-17)15-23(2,3)24/h4-7,12-13,17H,8-11,14-15H2,1-3H3,(H,27,28). The van der Waals surface area contributed by atoms with Crippen LogP contribution >= 0.6 is 0 Å². The first-order chi connectivity index (χ1) is 13.7. The van der Waals surface area contributed by atoms with Crippen molar-refractivity contribution in [2.75, 3.05) is 26.2 Å². The van der Waals surface area contributed by atoms with Crippen LogP contribution in [0.3, 0.4) is 0 Å². The van der Waals surface area contributed by atoms with Gasteiger partial charge in [-0.05, 0) is 81.9 Å². The van der Waals surface area contributed by atoms with Crippen LogP contribution in [0.25, 0.3) is 11.1 Å². The van der Waals surface area contributed by atoms with Gasteiger partial charge in [-0.15, -0.1) is 0 Å². The Hall–Kier alpha value is -2.47. The van der Waals surface area contributed by atoms with E-state index in [9.17, 15) is 9.18 Å². The zero-order valence-electron chi connectivity index (χ0n) is 17.3. The van der Waals surface area contributed by atoms with E-state index in [1.54, 1.807) is 27.0 Å². The van der Waals surface area contributed by atoms with Crippen molar-refractivity contribution in [3.8, 4) is 16.9 Å². The summed E-state index contributed by atoms with van der Waals surface area (Å²) in [6, 6.07) is 9.60. The third-order valence-electron chi connectivity index (χ3n) is 5.26. The molecule has 2 heterocycles. The number of aromatic nitrogens is 1. The molecule has 1 aromatic heterocycles. The maximum absolute atomic E-state index is 13.8. The number of alkyl halides is 1. The number of aryl methyl sites for hydroxylation is 1. The molecule has 2 aromatic rings. The van der Waals surface area contributed by atoms with Crippen LogP contribution in [-0.4, -0.2) is 52.9 Å². The fraction of sp³-hybridized carbons (Fsp3) is 0.478. The van der Waals surface area contributed by atoms with Crippen molar-refractivity contribution in [2.24, 2.45) is 5.92 Å². The van der Waals surface area contributed by atoms with Crippen LogP contribution in [0, 0.1) is 12.8 Å². The zero-order chi connectivity index (χ0) is 21.0. The van der Waals surface area contributed by atoms with Crippen molar-refractivity contribution in [3.05, 3.63) is 47.8 Å². The number of nitrogens with zero attached hydrogens (tertiary/aromatic N) is 2. The number of piperidine rings is 1. The van der Waals surface area contributed by atoms with Gasteiger partial charge in [-0.25, -0.2) is 14.2 Å². The lowest BCUT2D eigenvalue weighted by molar-refractivity contribution is 0.0689. The molecule has 1 aromatic carbocycles. The second-order valence-electron chi connectivity index (χ2n) is 8.47. The molecule has 0 amide bonds. The van der Waals surface area contributed by atoms with Gasteiger partial charge in [-0.1, -0.05) is 12.1 Å². The van der Waals surface area contributed by atoms with Gasteiger partial charge in [0.25, 0.3) is 0 Å². The number of carboxylic acid groups (broad SMARTS) is 1. The van der Waals surface area contributed by atoms with E-state index in [0.717, 1.165) is 42.8 Å². The molecule has 1 fully saturated rings. The van der Waals surface area contributed by atoms with Gasteiger partial charge in [-0.2, -0.15) is 0 Å². The Morgan fingerprint density at radius 1 is 1.24 bits per heavy atom. The van der Waals surface area contributed by atoms with Crippen LogP contribution in [0.15, 0.2) is 36.5 Å². The number of carbonyl (C=O) groups is 1. The molecule has 0 atom stereocenters. The average molecular weight is 400 g/mol. The Morgan fingerprint density at radius 2 is 1.90 bits per heavy atom. The van der Waals surface area contributed by atoms with Gasteiger partial charge in [0.05, 0.1) is 6.61 Å². The molecule has 1 saturated heterocycles. The molecule has 0 unspecified atom stereocenters. The molecule has 5 nitrogen and oxygen atoms in total. The van der Waals surface area contributed by atoms with Crippen molar-refractivity contribution >= 4 is 5.97 Å². The highest BCUT2D eigenvalue weighted by Gasteiger charge is 2.25. The maximum Gasteiger partial charge on any atom is 0.354 e. The molecular formula is C23H29FN2O3. The minimum absolute atomic E-state index is 0.0785. The molecule has 1 aliphatic rings. The van der Waals surface area contributed by atoms with Gasteiger partial charge in [0.1, 0.15) is 11.4 Å². The fourth-order valence-electron chi connectivity index (χ4n) is 3.76. The van der Waals surface area contributed by atoms with E-state index < -0.39 is 11.6 Å². The molecule has 0 bridgehead atoms. The third kappa shape index (κ3) is 6.00. The number of pyridine rings is 1. The molecule has 6 heteroatoms. The molecule has 1 N–H and O–H groups in total. The molecule has 0 radical (unpaired) electrons. The average Bonchev–Trinajstić information content (AvgIpc) is 2.66. The summed E-state index contributed by atoms with van der Waals surface area (Å²) in [5.74, 6) is 0.286. The molecule has 0 spiro atoms. The molecule has 0 aliphatic carbocycles. The molecule has 1 aliphatic heterocycles. The van der Waals surface area contributed by atoms with Crippen molar-refractivity contribution in [2.45, 2.75) is 39.3 Å². The van der Waals surface area contributed by atoms with Gasteiger partial charge in [0, 0.05) is 18.3 Å². The van der Waals surface area contributed by atoms with E-state index in [0.29, 0.717) is 24.6 Å². The normalized spacial score (nSPS) is 16.0. The van der Waals surface area contributed by atoms with Gasteiger partial charge in [0.15, 0.2) is 5.69 Å². The summed E-state index contributed by atoms with van der Waals surface area (Å²) in [6.45, 7) is 7.99. The van der Waals surface area contributed by atoms with Crippen LogP contribution in [0.4, 0.5) is 4.39 Å². The number of benzene rings is 1. The summed E-state index contributed by atoms with van der Waals surface area (Å²) in [7, 11) is 0. The van der Waals surface area contributed by atoms with E-state index in [1.807, 2.05) is 30.3 Å². The van der Waals surface area contributed by atoms with Crippen molar-refractivity contribution in [1.82, 2.24) is 9.88 Å². The van der Waals surface area contributed by atoms with Crippen LogP contribution in [0.5, 0.6) is 5.75 Å². The van der Waals surface area contributed by atoms with E-state index >= 15 is 0 Å². The minimum atomic E-state index is -1.15. The van der Waals surface area contributed by atoms with Crippen LogP contribution < -0.4 is 4.74 Å². The highest BCUT2D eigenvalue weighted by molar-refractivity contribution is 5.87. The molecule has 3 rings (SSSR count). The Labute approximate surface area is 171 Å². The number of hydrogen-bond donors (Lipinski definition) is 1. The van der Waals surface area contributed by atoms with Gasteiger partial charge >= 0.3 is 5.97 Å². The van der Waals surface area contributed by atoms with E-state index in [4.69, 9.17) is 9.84 Å². The predicted octanol–water partition coefficient (Wildman–Crippen LogP) is 4.59. The van der Waals surface area contributed by atoms with Crippen molar-refractivity contribution in [1.29, 1.82) is 0 Å². The lowest BCUT2D eigenvalue weighted by Crippen LogP contribution is -2.41. The van der Waals surface area contributed by atoms with Crippen LogP contribution in [0.1, 0.15) is 42.7 Å². The number of rotatable bonds is 7. The predicted molar refractivity (Wildman–Crippen MR) is 111 cm³/mol. The Kier molecular flexibility index (Phi) is 6.52. The first kappa shape index (κ1) is 21.2. The van der Waals surface area contributed by atoms with E-state index in [2.05, 4.69) is 9.88 Å². The molecule has 0 saturated carbocycles. The number of likely N-dealkylation sites (tertiary alicyclic amines) is 1. The highest BCUT2D eigenvalue weighted by atomic mass is 19.1. The summed E-state index contributed by atoms with van der Waals surface area (Å²) in [5.41, 5.74) is 1.41. The first-order valence-corrected chi connectivity index (χ1v) is 10.1. The van der Waals surface area contributed by atoms with E-state index in [1.165, 1.54) is 0 Å². The molecule has 156 valence electrons. The van der Waals surface area contributed by atoms with Gasteiger partial charge in [-0.3, -0.25) is 0 Å². The fourth-order valence-corrected chi connectivity index (χ4v) is 3.76. The Bertz CT molecular complexity index is 838. The number of ether oxygens (including phenoxy) is 1. The minimum Gasteiger partial charge on any atom is -0.493 e. The van der Waals surface area contributed by atoms with Crippen molar-refractivity contribution in [3.63, 3.8) is 0 Å². The number of carboxylic acids is 1. The first-order valence-electron chi connectivity index (χ1n) is 10.1. The Balaban J connectivity index is 1.51. The van der Waals surface area contributed by atoms with Crippen LogP contribution in [-0.2, 0) is 0 Å².